The van der Waals surface area contributed by atoms with Crippen molar-refractivity contribution < 1.29 is 9.53 Å². The Morgan fingerprint density at radius 3 is 2.96 bits per heavy atom. The van der Waals surface area contributed by atoms with Crippen molar-refractivity contribution >= 4 is 33.1 Å². The second-order valence-corrected chi connectivity index (χ2v) is 7.54. The van der Waals surface area contributed by atoms with Gasteiger partial charge in [0.25, 0.3) is 0 Å². The largest absolute Gasteiger partial charge is 0.493 e. The molecule has 1 heterocycles. The van der Waals surface area contributed by atoms with E-state index in [9.17, 15) is 4.79 Å². The fourth-order valence-electron chi connectivity index (χ4n) is 2.87. The van der Waals surface area contributed by atoms with Crippen LogP contribution in [-0.2, 0) is 11.2 Å². The number of nitrogens with zero attached hydrogens (tertiary/aromatic N) is 1. The molecule has 5 heteroatoms. The van der Waals surface area contributed by atoms with Crippen LogP contribution in [-0.4, -0.2) is 17.5 Å². The number of nitrogens with one attached hydrogen (secondary N) is 1. The van der Waals surface area contributed by atoms with E-state index in [1.807, 2.05) is 48.0 Å². The Balaban J connectivity index is 1.47. The lowest BCUT2D eigenvalue weighted by atomic mass is 10.1. The van der Waals surface area contributed by atoms with E-state index in [1.54, 1.807) is 11.3 Å². The quantitative estimate of drug-likeness (QED) is 0.339. The molecule has 146 valence electrons. The van der Waals surface area contributed by atoms with E-state index in [2.05, 4.69) is 29.4 Å². The molecule has 0 fully saturated rings. The fraction of sp³-hybridized carbons (Fsp3) is 0.304. The normalized spacial score (nSPS) is 11.2. The number of unbranched alkanes of at least 4 members (excludes halogenated alkanes) is 2. The first-order valence-corrected chi connectivity index (χ1v) is 10.6. The third-order valence-electron chi connectivity index (χ3n) is 4.32. The van der Waals surface area contributed by atoms with E-state index >= 15 is 0 Å². The Hall–Kier alpha value is -2.66. The summed E-state index contributed by atoms with van der Waals surface area (Å²) < 4.78 is 6.87. The Morgan fingerprint density at radius 2 is 2.07 bits per heavy atom. The molecule has 0 unspecified atom stereocenters. The van der Waals surface area contributed by atoms with Gasteiger partial charge in [-0.25, -0.2) is 4.98 Å². The van der Waals surface area contributed by atoms with Gasteiger partial charge >= 0.3 is 0 Å². The molecule has 0 saturated heterocycles. The summed E-state index contributed by atoms with van der Waals surface area (Å²) in [6.45, 7) is 2.84. The lowest BCUT2D eigenvalue weighted by Gasteiger charge is -2.08. The van der Waals surface area contributed by atoms with Crippen LogP contribution in [0.5, 0.6) is 5.75 Å². The third-order valence-corrected chi connectivity index (χ3v) is 5.11. The van der Waals surface area contributed by atoms with Crippen LogP contribution < -0.4 is 10.1 Å². The van der Waals surface area contributed by atoms with Gasteiger partial charge in [0.15, 0.2) is 0 Å². The number of rotatable bonds is 10. The number of thiazole rings is 1. The number of hydrogen-bond acceptors (Lipinski definition) is 4. The number of aromatic nitrogens is 1. The maximum absolute atomic E-state index is 12.4. The van der Waals surface area contributed by atoms with Crippen molar-refractivity contribution in [1.29, 1.82) is 0 Å². The van der Waals surface area contributed by atoms with Gasteiger partial charge in [-0.3, -0.25) is 4.79 Å². The maximum Gasteiger partial charge on any atom is 0.228 e. The Labute approximate surface area is 170 Å². The number of ether oxygens (including phenoxy) is 1. The number of carbonyl (C=O) groups is 1. The molecule has 2 aromatic carbocycles. The SMILES string of the molecule is CCCC/C=C/CCOc1cccc(CC(=O)Nc2ccc3ncsc3c2)c1. The number of amides is 1. The Bertz CT molecular complexity index is 933. The van der Waals surface area contributed by atoms with Crippen LogP contribution in [0.2, 0.25) is 0 Å². The number of fused-ring (bicyclic) bond motifs is 1. The first-order chi connectivity index (χ1) is 13.7. The van der Waals surface area contributed by atoms with Crippen LogP contribution in [0, 0.1) is 0 Å². The fourth-order valence-corrected chi connectivity index (χ4v) is 3.59. The van der Waals surface area contributed by atoms with Crippen LogP contribution >= 0.6 is 11.3 Å². The lowest BCUT2D eigenvalue weighted by Crippen LogP contribution is -2.14. The summed E-state index contributed by atoms with van der Waals surface area (Å²) in [7, 11) is 0. The molecular formula is C23H26N2O2S. The molecule has 0 saturated carbocycles. The van der Waals surface area contributed by atoms with Gasteiger partial charge in [0.1, 0.15) is 5.75 Å². The molecule has 3 aromatic rings. The topological polar surface area (TPSA) is 51.2 Å². The van der Waals surface area contributed by atoms with Gasteiger partial charge in [-0.1, -0.05) is 44.1 Å². The van der Waals surface area contributed by atoms with Gasteiger partial charge < -0.3 is 10.1 Å². The number of hydrogen-bond donors (Lipinski definition) is 1. The predicted octanol–water partition coefficient (Wildman–Crippen LogP) is 5.99. The van der Waals surface area contributed by atoms with Crippen molar-refractivity contribution in [3.8, 4) is 5.75 Å². The molecule has 0 aliphatic heterocycles. The number of allylic oxidation sites excluding steroid dienone is 1. The molecule has 0 aliphatic rings. The van der Waals surface area contributed by atoms with E-state index in [0.29, 0.717) is 13.0 Å². The van der Waals surface area contributed by atoms with E-state index in [0.717, 1.165) is 40.1 Å². The monoisotopic (exact) mass is 394 g/mol. The van der Waals surface area contributed by atoms with Gasteiger partial charge in [0, 0.05) is 5.69 Å². The van der Waals surface area contributed by atoms with Crippen molar-refractivity contribution in [2.45, 2.75) is 39.0 Å². The van der Waals surface area contributed by atoms with Crippen LogP contribution in [0.4, 0.5) is 5.69 Å². The minimum absolute atomic E-state index is 0.0418. The van der Waals surface area contributed by atoms with Crippen molar-refractivity contribution in [3.05, 3.63) is 65.7 Å². The Kier molecular flexibility index (Phi) is 7.62. The zero-order chi connectivity index (χ0) is 19.6. The molecule has 1 amide bonds. The molecule has 0 aliphatic carbocycles. The number of benzene rings is 2. The molecule has 0 radical (unpaired) electrons. The molecule has 3 rings (SSSR count). The molecular weight excluding hydrogens is 368 g/mol. The van der Waals surface area contributed by atoms with Crippen LogP contribution in [0.3, 0.4) is 0 Å². The summed E-state index contributed by atoms with van der Waals surface area (Å²) in [5.41, 5.74) is 4.49. The molecule has 0 bridgehead atoms. The van der Waals surface area contributed by atoms with Gasteiger partial charge in [0.2, 0.25) is 5.91 Å². The second-order valence-electron chi connectivity index (χ2n) is 6.66. The van der Waals surface area contributed by atoms with Crippen molar-refractivity contribution in [2.24, 2.45) is 0 Å². The first-order valence-electron chi connectivity index (χ1n) is 9.74. The maximum atomic E-state index is 12.4. The second kappa shape index (κ2) is 10.6. The zero-order valence-corrected chi connectivity index (χ0v) is 17.0. The molecule has 28 heavy (non-hydrogen) atoms. The number of carbonyl (C=O) groups excluding carboxylic acids is 1. The molecule has 0 atom stereocenters. The van der Waals surface area contributed by atoms with Gasteiger partial charge in [0.05, 0.1) is 28.8 Å². The average molecular weight is 395 g/mol. The zero-order valence-electron chi connectivity index (χ0n) is 16.2. The predicted molar refractivity (Wildman–Crippen MR) is 117 cm³/mol. The summed E-state index contributed by atoms with van der Waals surface area (Å²) in [6.07, 6.45) is 9.20. The van der Waals surface area contributed by atoms with E-state index in [1.165, 1.54) is 12.8 Å². The minimum Gasteiger partial charge on any atom is -0.493 e. The highest BCUT2D eigenvalue weighted by atomic mass is 32.1. The highest BCUT2D eigenvalue weighted by Gasteiger charge is 2.07. The first kappa shape index (κ1) is 20.1. The minimum atomic E-state index is -0.0418. The third kappa shape index (κ3) is 6.20. The van der Waals surface area contributed by atoms with Gasteiger partial charge in [-0.15, -0.1) is 11.3 Å². The van der Waals surface area contributed by atoms with Crippen LogP contribution in [0.15, 0.2) is 60.1 Å². The summed E-state index contributed by atoms with van der Waals surface area (Å²) in [5, 5.41) is 2.96. The smallest absolute Gasteiger partial charge is 0.228 e. The summed E-state index contributed by atoms with van der Waals surface area (Å²) in [5.74, 6) is 0.762. The lowest BCUT2D eigenvalue weighted by molar-refractivity contribution is -0.115. The Morgan fingerprint density at radius 1 is 1.18 bits per heavy atom. The summed E-state index contributed by atoms with van der Waals surface area (Å²) in [6, 6.07) is 13.5. The van der Waals surface area contributed by atoms with E-state index in [-0.39, 0.29) is 5.91 Å². The van der Waals surface area contributed by atoms with Crippen molar-refractivity contribution in [1.82, 2.24) is 4.98 Å². The van der Waals surface area contributed by atoms with E-state index in [4.69, 9.17) is 4.74 Å². The molecule has 0 spiro atoms. The van der Waals surface area contributed by atoms with Crippen LogP contribution in [0.25, 0.3) is 10.2 Å². The van der Waals surface area contributed by atoms with E-state index < -0.39 is 0 Å². The van der Waals surface area contributed by atoms with Gasteiger partial charge in [-0.05, 0) is 48.7 Å². The van der Waals surface area contributed by atoms with Crippen molar-refractivity contribution in [3.63, 3.8) is 0 Å². The van der Waals surface area contributed by atoms with Crippen molar-refractivity contribution in [2.75, 3.05) is 11.9 Å². The summed E-state index contributed by atoms with van der Waals surface area (Å²) in [4.78, 5) is 16.6. The van der Waals surface area contributed by atoms with Crippen LogP contribution in [0.1, 0.15) is 38.2 Å². The average Bonchev–Trinajstić information content (AvgIpc) is 3.15. The van der Waals surface area contributed by atoms with Gasteiger partial charge in [-0.2, -0.15) is 0 Å². The molecule has 4 nitrogen and oxygen atoms in total. The highest BCUT2D eigenvalue weighted by molar-refractivity contribution is 7.16. The number of anilines is 1. The standard InChI is InChI=1S/C23H26N2O2S/c1-2-3-4-5-6-7-13-27-20-10-8-9-18(14-20)15-23(26)25-19-11-12-21-22(16-19)28-17-24-21/h5-6,8-12,14,16-17H,2-4,7,13,15H2,1H3,(H,25,26)/b6-5+. The summed E-state index contributed by atoms with van der Waals surface area (Å²) >= 11 is 1.57. The molecule has 1 aromatic heterocycles. The molecule has 1 N–H and O–H groups in total. The highest BCUT2D eigenvalue weighted by Crippen LogP contribution is 2.22.